The van der Waals surface area contributed by atoms with Crippen LogP contribution in [-0.4, -0.2) is 56.2 Å². The van der Waals surface area contributed by atoms with Gasteiger partial charge in [-0.2, -0.15) is 0 Å². The highest BCUT2D eigenvalue weighted by molar-refractivity contribution is 7.92. The first-order valence-corrected chi connectivity index (χ1v) is 14.6. The fraction of sp³-hybridized carbons (Fsp3) is 0.536. The van der Waals surface area contributed by atoms with Gasteiger partial charge < -0.3 is 20.5 Å². The van der Waals surface area contributed by atoms with Gasteiger partial charge in [0.15, 0.2) is 9.84 Å². The van der Waals surface area contributed by atoms with Crippen LogP contribution in [0.3, 0.4) is 0 Å². The van der Waals surface area contributed by atoms with Gasteiger partial charge in [0.25, 0.3) is 0 Å². The van der Waals surface area contributed by atoms with E-state index < -0.39 is 27.2 Å². The molecule has 2 aromatic carbocycles. The van der Waals surface area contributed by atoms with Crippen molar-refractivity contribution in [2.75, 3.05) is 19.4 Å². The van der Waals surface area contributed by atoms with Gasteiger partial charge in [0.2, 0.25) is 5.91 Å². The van der Waals surface area contributed by atoms with Crippen molar-refractivity contribution in [3.8, 4) is 5.75 Å². The SMILES string of the molecule is CCCC(CCC)S(=O)(=O)CCC(=O)N[C@@H](Cc1ccccc1)[C@@H](O)CNCc1cccc(OC)c1. The lowest BCUT2D eigenvalue weighted by atomic mass is 10.0. The average molecular weight is 519 g/mol. The van der Waals surface area contributed by atoms with E-state index in [0.717, 1.165) is 29.7 Å². The minimum Gasteiger partial charge on any atom is -0.497 e. The third-order valence-corrected chi connectivity index (χ3v) is 8.53. The number of hydrogen-bond donors (Lipinski definition) is 3. The molecule has 7 nitrogen and oxygen atoms in total. The summed E-state index contributed by atoms with van der Waals surface area (Å²) in [5.74, 6) is 0.225. The molecule has 0 fully saturated rings. The van der Waals surface area contributed by atoms with Crippen molar-refractivity contribution < 1.29 is 23.1 Å². The van der Waals surface area contributed by atoms with E-state index in [1.807, 2.05) is 68.4 Å². The summed E-state index contributed by atoms with van der Waals surface area (Å²) in [6.45, 7) is 4.75. The fourth-order valence-corrected chi connectivity index (χ4v) is 6.26. The predicted molar refractivity (Wildman–Crippen MR) is 145 cm³/mol. The van der Waals surface area contributed by atoms with Gasteiger partial charge >= 0.3 is 0 Å². The predicted octanol–water partition coefficient (Wildman–Crippen LogP) is 3.65. The Morgan fingerprint density at radius 2 is 1.67 bits per heavy atom. The topological polar surface area (TPSA) is 105 Å². The molecule has 8 heteroatoms. The molecule has 0 saturated heterocycles. The molecule has 2 atom stereocenters. The Labute approximate surface area is 216 Å². The van der Waals surface area contributed by atoms with Crippen LogP contribution in [0.4, 0.5) is 0 Å². The number of hydrogen-bond acceptors (Lipinski definition) is 6. The molecule has 2 aromatic rings. The van der Waals surface area contributed by atoms with E-state index in [9.17, 15) is 18.3 Å². The van der Waals surface area contributed by atoms with Crippen LogP contribution >= 0.6 is 0 Å². The highest BCUT2D eigenvalue weighted by Crippen LogP contribution is 2.17. The number of rotatable bonds is 17. The number of nitrogens with one attached hydrogen (secondary N) is 2. The summed E-state index contributed by atoms with van der Waals surface area (Å²) < 4.78 is 30.9. The second-order valence-corrected chi connectivity index (χ2v) is 11.6. The molecule has 0 radical (unpaired) electrons. The lowest BCUT2D eigenvalue weighted by molar-refractivity contribution is -0.122. The van der Waals surface area contributed by atoms with Crippen LogP contribution in [0.15, 0.2) is 54.6 Å². The summed E-state index contributed by atoms with van der Waals surface area (Å²) in [7, 11) is -1.74. The Kier molecular flexibility index (Phi) is 12.9. The Morgan fingerprint density at radius 3 is 2.31 bits per heavy atom. The van der Waals surface area contributed by atoms with Crippen LogP contribution in [-0.2, 0) is 27.6 Å². The van der Waals surface area contributed by atoms with Crippen LogP contribution in [0.5, 0.6) is 5.75 Å². The van der Waals surface area contributed by atoms with E-state index in [-0.39, 0.29) is 24.6 Å². The summed E-state index contributed by atoms with van der Waals surface area (Å²) in [5, 5.41) is 16.7. The standard InChI is InChI=1S/C28H42N2O5S/c1-4-10-25(11-5-2)36(33,34)17-16-28(32)30-26(19-22-12-7-6-8-13-22)27(31)21-29-20-23-14-9-15-24(18-23)35-3/h6-9,12-15,18,25-27,29,31H,4-5,10-11,16-17,19-21H2,1-3H3,(H,30,32)/t26-,27-/m0/s1. The molecule has 0 bridgehead atoms. The minimum absolute atomic E-state index is 0.110. The molecule has 1 amide bonds. The van der Waals surface area contributed by atoms with Gasteiger partial charge in [-0.1, -0.05) is 69.2 Å². The van der Waals surface area contributed by atoms with Crippen LogP contribution in [0, 0.1) is 0 Å². The zero-order valence-corrected chi connectivity index (χ0v) is 22.6. The number of carbonyl (C=O) groups excluding carboxylic acids is 1. The van der Waals surface area contributed by atoms with Gasteiger partial charge in [-0.05, 0) is 42.5 Å². The van der Waals surface area contributed by atoms with Crippen LogP contribution in [0.1, 0.15) is 57.1 Å². The molecule has 3 N–H and O–H groups in total. The van der Waals surface area contributed by atoms with Crippen molar-refractivity contribution in [1.29, 1.82) is 0 Å². The fourth-order valence-electron chi connectivity index (χ4n) is 4.27. The average Bonchev–Trinajstić information content (AvgIpc) is 2.87. The number of carbonyl (C=O) groups is 1. The monoisotopic (exact) mass is 518 g/mol. The normalized spacial score (nSPS) is 13.4. The molecule has 200 valence electrons. The Balaban J connectivity index is 1.99. The first kappa shape index (κ1) is 29.8. The number of ether oxygens (including phenoxy) is 1. The molecule has 0 aliphatic rings. The summed E-state index contributed by atoms with van der Waals surface area (Å²) in [4.78, 5) is 12.8. The van der Waals surface area contributed by atoms with E-state index >= 15 is 0 Å². The van der Waals surface area contributed by atoms with Crippen molar-refractivity contribution >= 4 is 15.7 Å². The first-order chi connectivity index (χ1) is 17.3. The zero-order valence-electron chi connectivity index (χ0n) is 21.8. The second-order valence-electron chi connectivity index (χ2n) is 9.23. The highest BCUT2D eigenvalue weighted by Gasteiger charge is 2.26. The minimum atomic E-state index is -3.35. The second kappa shape index (κ2) is 15.6. The Hall–Kier alpha value is -2.42. The van der Waals surface area contributed by atoms with E-state index in [1.165, 1.54) is 0 Å². The van der Waals surface area contributed by atoms with Crippen molar-refractivity contribution in [2.45, 2.75) is 76.3 Å². The highest BCUT2D eigenvalue weighted by atomic mass is 32.2. The largest absolute Gasteiger partial charge is 0.497 e. The molecule has 2 rings (SSSR count). The van der Waals surface area contributed by atoms with E-state index in [1.54, 1.807) is 7.11 Å². The summed E-state index contributed by atoms with van der Waals surface area (Å²) in [5.41, 5.74) is 2.00. The smallest absolute Gasteiger partial charge is 0.221 e. The van der Waals surface area contributed by atoms with Gasteiger partial charge in [0, 0.05) is 19.5 Å². The third kappa shape index (κ3) is 10.3. The Morgan fingerprint density at radius 1 is 1.00 bits per heavy atom. The molecule has 0 saturated carbocycles. The van der Waals surface area contributed by atoms with Crippen molar-refractivity contribution in [3.63, 3.8) is 0 Å². The molecule has 0 spiro atoms. The maximum absolute atomic E-state index is 12.8. The van der Waals surface area contributed by atoms with Crippen LogP contribution in [0.2, 0.25) is 0 Å². The number of amides is 1. The van der Waals surface area contributed by atoms with Gasteiger partial charge in [0.05, 0.1) is 30.3 Å². The molecule has 0 unspecified atom stereocenters. The Bertz CT molecular complexity index is 1010. The van der Waals surface area contributed by atoms with Crippen LogP contribution < -0.4 is 15.4 Å². The number of sulfone groups is 1. The number of aliphatic hydroxyl groups is 1. The maximum atomic E-state index is 12.8. The molecule has 0 heterocycles. The van der Waals surface area contributed by atoms with Crippen molar-refractivity contribution in [1.82, 2.24) is 10.6 Å². The molecule has 0 aliphatic heterocycles. The lowest BCUT2D eigenvalue weighted by Gasteiger charge is -2.25. The summed E-state index contributed by atoms with van der Waals surface area (Å²) >= 11 is 0. The molecular formula is C28H42N2O5S. The van der Waals surface area contributed by atoms with E-state index in [2.05, 4.69) is 10.6 Å². The van der Waals surface area contributed by atoms with Gasteiger partial charge in [0.1, 0.15) is 5.75 Å². The van der Waals surface area contributed by atoms with Gasteiger partial charge in [-0.3, -0.25) is 4.79 Å². The number of methoxy groups -OCH3 is 1. The molecule has 0 aliphatic carbocycles. The molecular weight excluding hydrogens is 476 g/mol. The first-order valence-electron chi connectivity index (χ1n) is 12.9. The number of benzene rings is 2. The van der Waals surface area contributed by atoms with E-state index in [4.69, 9.17) is 4.74 Å². The summed E-state index contributed by atoms with van der Waals surface area (Å²) in [6, 6.07) is 16.7. The van der Waals surface area contributed by atoms with Gasteiger partial charge in [-0.25, -0.2) is 8.42 Å². The quantitative estimate of drug-likeness (QED) is 0.295. The van der Waals surface area contributed by atoms with E-state index in [0.29, 0.717) is 25.8 Å². The summed E-state index contributed by atoms with van der Waals surface area (Å²) in [6.07, 6.45) is 2.30. The zero-order chi connectivity index (χ0) is 26.4. The van der Waals surface area contributed by atoms with Crippen molar-refractivity contribution in [2.24, 2.45) is 0 Å². The third-order valence-electron chi connectivity index (χ3n) is 6.27. The van der Waals surface area contributed by atoms with Gasteiger partial charge in [-0.15, -0.1) is 0 Å². The lowest BCUT2D eigenvalue weighted by Crippen LogP contribution is -2.49. The number of aliphatic hydroxyl groups excluding tert-OH is 1. The molecule has 0 aromatic heterocycles. The molecule has 36 heavy (non-hydrogen) atoms. The maximum Gasteiger partial charge on any atom is 0.221 e. The van der Waals surface area contributed by atoms with Crippen LogP contribution in [0.25, 0.3) is 0 Å². The van der Waals surface area contributed by atoms with Crippen molar-refractivity contribution in [3.05, 3.63) is 65.7 Å².